The number of carbonyl (C=O) groups excluding carboxylic acids is 3. The van der Waals surface area contributed by atoms with E-state index in [9.17, 15) is 24.3 Å². The van der Waals surface area contributed by atoms with Crippen LogP contribution in [0.1, 0.15) is 74.9 Å². The fraction of sp³-hybridized carbons (Fsp3) is 0.304. The van der Waals surface area contributed by atoms with Gasteiger partial charge < -0.3 is 40.2 Å². The van der Waals surface area contributed by atoms with Crippen molar-refractivity contribution in [3.8, 4) is 33.6 Å². The van der Waals surface area contributed by atoms with Crippen LogP contribution in [0.3, 0.4) is 0 Å². The summed E-state index contributed by atoms with van der Waals surface area (Å²) in [4.78, 5) is 70.8. The molecule has 0 spiro atoms. The second-order valence-electron chi connectivity index (χ2n) is 15.7. The minimum Gasteiger partial charge on any atom is -0.465 e. The lowest BCUT2D eigenvalue weighted by Gasteiger charge is -2.29. The van der Waals surface area contributed by atoms with Gasteiger partial charge in [0.2, 0.25) is 5.91 Å². The maximum absolute atomic E-state index is 13.9. The molecule has 4 aromatic carbocycles. The van der Waals surface area contributed by atoms with Crippen LogP contribution in [0.15, 0.2) is 103 Å². The number of H-pyrrole nitrogens is 2. The summed E-state index contributed by atoms with van der Waals surface area (Å²) < 4.78 is 4.83. The third-order valence-electron chi connectivity index (χ3n) is 11.6. The number of carbonyl (C=O) groups is 4. The van der Waals surface area contributed by atoms with Crippen LogP contribution < -0.4 is 10.6 Å². The lowest BCUT2D eigenvalue weighted by molar-refractivity contribution is -0.135. The third kappa shape index (κ3) is 8.17. The van der Waals surface area contributed by atoms with E-state index in [-0.39, 0.29) is 29.8 Å². The van der Waals surface area contributed by atoms with Gasteiger partial charge in [-0.2, -0.15) is 0 Å². The number of nitrogens with zero attached hydrogens (tertiary/aromatic N) is 4. The topological polar surface area (TPSA) is 186 Å². The first-order valence-electron chi connectivity index (χ1n) is 20.3. The number of imidazole rings is 2. The average Bonchev–Trinajstić information content (AvgIpc) is 4.11. The number of carboxylic acid groups (broad SMARTS) is 1. The lowest BCUT2D eigenvalue weighted by atomic mass is 9.98. The number of amides is 4. The lowest BCUT2D eigenvalue weighted by Crippen LogP contribution is -2.50. The highest BCUT2D eigenvalue weighted by Gasteiger charge is 2.38. The van der Waals surface area contributed by atoms with E-state index in [4.69, 9.17) is 9.72 Å². The summed E-state index contributed by atoms with van der Waals surface area (Å²) in [5.74, 6) is 0.757. The third-order valence-corrected chi connectivity index (χ3v) is 11.6. The van der Waals surface area contributed by atoms with Gasteiger partial charge in [-0.15, -0.1) is 0 Å². The molecule has 6 aromatic rings. The van der Waals surface area contributed by atoms with E-state index in [1.807, 2.05) is 44.2 Å². The number of nitrogens with one attached hydrogen (secondary N) is 4. The van der Waals surface area contributed by atoms with Crippen molar-refractivity contribution in [2.75, 3.05) is 20.2 Å². The molecular formula is C46H48N8O6. The molecule has 0 radical (unpaired) electrons. The zero-order valence-electron chi connectivity index (χ0n) is 33.7. The SMILES string of the molecule is COC(=O)NC(C(=O)N1CCC[C@@H]1c1ncc(-c2ccc(-c3ccc4cc(-c5cnc(C6CCCN6C(=O)C(NC(=O)O)C(C)C)[nH]5)ccc4c3)cc2)[nH]1)c1ccccc1. The molecule has 2 aliphatic rings. The Kier molecular flexibility index (Phi) is 11.4. The van der Waals surface area contributed by atoms with Crippen molar-refractivity contribution in [3.05, 3.63) is 121 Å². The minimum absolute atomic E-state index is 0.190. The number of likely N-dealkylation sites (tertiary alicyclic amines) is 2. The summed E-state index contributed by atoms with van der Waals surface area (Å²) in [5.41, 5.74) is 6.45. The first-order chi connectivity index (χ1) is 29.1. The molecule has 0 aliphatic carbocycles. The quantitative estimate of drug-likeness (QED) is 0.0872. The molecule has 5 N–H and O–H groups in total. The van der Waals surface area contributed by atoms with Gasteiger partial charge in [0.1, 0.15) is 23.7 Å². The maximum atomic E-state index is 13.9. The molecule has 0 bridgehead atoms. The fourth-order valence-corrected chi connectivity index (χ4v) is 8.47. The number of aromatic nitrogens is 4. The van der Waals surface area contributed by atoms with Gasteiger partial charge in [-0.3, -0.25) is 9.59 Å². The second kappa shape index (κ2) is 17.1. The Bertz CT molecular complexity index is 2520. The molecule has 14 heteroatoms. The van der Waals surface area contributed by atoms with Crippen LogP contribution in [0.2, 0.25) is 0 Å². The summed E-state index contributed by atoms with van der Waals surface area (Å²) in [6.45, 7) is 4.77. The molecule has 8 rings (SSSR count). The Hall–Kier alpha value is -6.96. The molecule has 2 aliphatic heterocycles. The van der Waals surface area contributed by atoms with E-state index in [0.717, 1.165) is 70.1 Å². The van der Waals surface area contributed by atoms with Gasteiger partial charge in [0.25, 0.3) is 5.91 Å². The van der Waals surface area contributed by atoms with E-state index in [2.05, 4.69) is 86.2 Å². The number of hydrogen-bond acceptors (Lipinski definition) is 7. The Morgan fingerprint density at radius 3 is 1.82 bits per heavy atom. The molecule has 2 saturated heterocycles. The van der Waals surface area contributed by atoms with Crippen molar-refractivity contribution >= 4 is 34.8 Å². The number of hydrogen-bond donors (Lipinski definition) is 5. The number of alkyl carbamates (subject to hydrolysis) is 1. The van der Waals surface area contributed by atoms with Crippen LogP contribution in [0.25, 0.3) is 44.4 Å². The molecule has 3 unspecified atom stereocenters. The van der Waals surface area contributed by atoms with Crippen molar-refractivity contribution in [1.82, 2.24) is 40.4 Å². The van der Waals surface area contributed by atoms with Gasteiger partial charge in [0.15, 0.2) is 0 Å². The Labute approximate surface area is 347 Å². The Balaban J connectivity index is 0.946. The Morgan fingerprint density at radius 1 is 0.700 bits per heavy atom. The number of methoxy groups -OCH3 is 1. The highest BCUT2D eigenvalue weighted by atomic mass is 16.5. The molecule has 60 heavy (non-hydrogen) atoms. The number of ether oxygens (including phenoxy) is 1. The number of rotatable bonds is 11. The molecular weight excluding hydrogens is 761 g/mol. The molecule has 308 valence electrons. The highest BCUT2D eigenvalue weighted by molar-refractivity contribution is 5.91. The first kappa shape index (κ1) is 39.8. The van der Waals surface area contributed by atoms with Crippen LogP contribution in [-0.4, -0.2) is 85.1 Å². The van der Waals surface area contributed by atoms with Crippen LogP contribution in [-0.2, 0) is 14.3 Å². The summed E-state index contributed by atoms with van der Waals surface area (Å²) >= 11 is 0. The smallest absolute Gasteiger partial charge is 0.407 e. The molecule has 14 nitrogen and oxygen atoms in total. The van der Waals surface area contributed by atoms with Crippen molar-refractivity contribution in [3.63, 3.8) is 0 Å². The van der Waals surface area contributed by atoms with E-state index < -0.39 is 24.3 Å². The van der Waals surface area contributed by atoms with Crippen molar-refractivity contribution in [2.24, 2.45) is 5.92 Å². The summed E-state index contributed by atoms with van der Waals surface area (Å²) in [6.07, 6.45) is 4.84. The summed E-state index contributed by atoms with van der Waals surface area (Å²) in [5, 5.41) is 16.6. The van der Waals surface area contributed by atoms with Crippen LogP contribution in [0.4, 0.5) is 9.59 Å². The predicted octanol–water partition coefficient (Wildman–Crippen LogP) is 8.00. The zero-order chi connectivity index (χ0) is 41.9. The molecule has 2 aromatic heterocycles. The summed E-state index contributed by atoms with van der Waals surface area (Å²) in [6, 6.07) is 27.9. The molecule has 4 heterocycles. The maximum Gasteiger partial charge on any atom is 0.407 e. The van der Waals surface area contributed by atoms with E-state index in [1.165, 1.54) is 7.11 Å². The van der Waals surface area contributed by atoms with Gasteiger partial charge in [-0.1, -0.05) is 92.7 Å². The number of aromatic amines is 2. The monoisotopic (exact) mass is 808 g/mol. The highest BCUT2D eigenvalue weighted by Crippen LogP contribution is 2.36. The first-order valence-corrected chi connectivity index (χ1v) is 20.3. The van der Waals surface area contributed by atoms with Crippen LogP contribution >= 0.6 is 0 Å². The summed E-state index contributed by atoms with van der Waals surface area (Å²) in [7, 11) is 1.28. The largest absolute Gasteiger partial charge is 0.465 e. The van der Waals surface area contributed by atoms with Gasteiger partial charge in [0, 0.05) is 18.7 Å². The molecule has 2 fully saturated rings. The van der Waals surface area contributed by atoms with E-state index in [1.54, 1.807) is 22.2 Å². The zero-order valence-corrected chi connectivity index (χ0v) is 33.7. The predicted molar refractivity (Wildman–Crippen MR) is 226 cm³/mol. The molecule has 0 saturated carbocycles. The molecule has 4 atom stereocenters. The van der Waals surface area contributed by atoms with E-state index >= 15 is 0 Å². The number of fused-ring (bicyclic) bond motifs is 1. The van der Waals surface area contributed by atoms with Gasteiger partial charge in [-0.25, -0.2) is 19.6 Å². The van der Waals surface area contributed by atoms with Crippen molar-refractivity contribution in [2.45, 2.75) is 63.7 Å². The normalized spacial score (nSPS) is 17.5. The van der Waals surface area contributed by atoms with Crippen LogP contribution in [0, 0.1) is 5.92 Å². The minimum atomic E-state index is -1.21. The van der Waals surface area contributed by atoms with Crippen LogP contribution in [0.5, 0.6) is 0 Å². The number of benzene rings is 4. The second-order valence-corrected chi connectivity index (χ2v) is 15.7. The Morgan fingerprint density at radius 2 is 1.23 bits per heavy atom. The van der Waals surface area contributed by atoms with Gasteiger partial charge in [0.05, 0.1) is 43.0 Å². The average molecular weight is 809 g/mol. The van der Waals surface area contributed by atoms with E-state index in [0.29, 0.717) is 30.3 Å². The molecule has 4 amide bonds. The van der Waals surface area contributed by atoms with Gasteiger partial charge >= 0.3 is 12.2 Å². The van der Waals surface area contributed by atoms with Crippen molar-refractivity contribution in [1.29, 1.82) is 0 Å². The fourth-order valence-electron chi connectivity index (χ4n) is 8.47. The standard InChI is InChI=1S/C46H48N8O6/c1-27(2)39(51-45(57)58)43(55)53-21-7-11-37(53)42-48-26-36(50-42)34-20-19-32-23-31(17-18-33(32)24-34)28-13-15-29(16-14-28)35-25-47-41(49-35)38-12-8-22-54(38)44(56)40(52-46(59)60-3)30-9-5-4-6-10-30/h4-6,9-10,13-20,23-27,37-40,51H,7-8,11-12,21-22H2,1-3H3,(H,47,49)(H,48,50)(H,52,59)(H,57,58)/t37?,38-,39?,40?/m1/s1. The van der Waals surface area contributed by atoms with Gasteiger partial charge in [-0.05, 0) is 76.8 Å². The van der Waals surface area contributed by atoms with Crippen molar-refractivity contribution < 1.29 is 29.0 Å².